The molecule has 84 valence electrons. The molecule has 0 aliphatic carbocycles. The lowest BCUT2D eigenvalue weighted by atomic mass is 10.1. The van der Waals surface area contributed by atoms with Crippen molar-refractivity contribution in [1.82, 2.24) is 5.32 Å². The molecular formula is C10H17N3OS. The van der Waals surface area contributed by atoms with Gasteiger partial charge in [-0.2, -0.15) is 0 Å². The van der Waals surface area contributed by atoms with Crippen LogP contribution in [0.15, 0.2) is 22.7 Å². The Labute approximate surface area is 93.8 Å². The minimum Gasteiger partial charge on any atom is -0.409 e. The van der Waals surface area contributed by atoms with E-state index in [1.807, 2.05) is 6.92 Å². The van der Waals surface area contributed by atoms with E-state index in [0.717, 1.165) is 19.5 Å². The van der Waals surface area contributed by atoms with Gasteiger partial charge in [0, 0.05) is 17.3 Å². The molecule has 0 amide bonds. The van der Waals surface area contributed by atoms with Crippen LogP contribution in [-0.4, -0.2) is 24.1 Å². The molecule has 1 heterocycles. The van der Waals surface area contributed by atoms with E-state index in [1.165, 1.54) is 4.88 Å². The molecule has 4 nitrogen and oxygen atoms in total. The zero-order chi connectivity index (χ0) is 11.1. The molecule has 0 aliphatic rings. The van der Waals surface area contributed by atoms with Gasteiger partial charge < -0.3 is 16.3 Å². The summed E-state index contributed by atoms with van der Waals surface area (Å²) in [5.74, 6) is 0.344. The first-order valence-electron chi connectivity index (χ1n) is 4.94. The van der Waals surface area contributed by atoms with Gasteiger partial charge in [-0.05, 0) is 24.4 Å². The van der Waals surface area contributed by atoms with Crippen LogP contribution in [0.25, 0.3) is 0 Å². The van der Waals surface area contributed by atoms with Crippen molar-refractivity contribution < 1.29 is 5.21 Å². The molecule has 4 N–H and O–H groups in total. The van der Waals surface area contributed by atoms with Gasteiger partial charge in [-0.1, -0.05) is 18.1 Å². The van der Waals surface area contributed by atoms with Crippen LogP contribution in [0.3, 0.4) is 0 Å². The number of thiophene rings is 1. The molecule has 5 heteroatoms. The number of nitrogens with one attached hydrogen (secondary N) is 1. The number of oxime groups is 1. The summed E-state index contributed by atoms with van der Waals surface area (Å²) < 4.78 is 0. The lowest BCUT2D eigenvalue weighted by Crippen LogP contribution is -2.32. The molecule has 0 saturated heterocycles. The van der Waals surface area contributed by atoms with E-state index in [1.54, 1.807) is 11.3 Å². The molecule has 0 radical (unpaired) electrons. The third-order valence-electron chi connectivity index (χ3n) is 2.20. The van der Waals surface area contributed by atoms with Crippen LogP contribution in [0.5, 0.6) is 0 Å². The van der Waals surface area contributed by atoms with Gasteiger partial charge in [0.2, 0.25) is 0 Å². The Morgan fingerprint density at radius 2 is 2.53 bits per heavy atom. The molecular weight excluding hydrogens is 210 g/mol. The molecule has 15 heavy (non-hydrogen) atoms. The molecule has 0 saturated carbocycles. The third kappa shape index (κ3) is 4.31. The Hall–Kier alpha value is -1.07. The molecule has 1 aromatic heterocycles. The minimum atomic E-state index is 0.0679. The lowest BCUT2D eigenvalue weighted by Gasteiger charge is -2.10. The molecule has 1 aromatic rings. The first kappa shape index (κ1) is 12.0. The second kappa shape index (κ2) is 6.42. The molecule has 0 bridgehead atoms. The van der Waals surface area contributed by atoms with Gasteiger partial charge in [-0.3, -0.25) is 0 Å². The van der Waals surface area contributed by atoms with Crippen molar-refractivity contribution in [2.75, 3.05) is 13.1 Å². The van der Waals surface area contributed by atoms with E-state index in [2.05, 4.69) is 28.0 Å². The van der Waals surface area contributed by atoms with Crippen molar-refractivity contribution in [2.45, 2.75) is 13.3 Å². The molecule has 0 aromatic carbocycles. The lowest BCUT2D eigenvalue weighted by molar-refractivity contribution is 0.314. The summed E-state index contributed by atoms with van der Waals surface area (Å²) in [7, 11) is 0. The van der Waals surface area contributed by atoms with Crippen LogP contribution in [0.4, 0.5) is 0 Å². The Kier molecular flexibility index (Phi) is 5.14. The summed E-state index contributed by atoms with van der Waals surface area (Å²) >= 11 is 1.76. The second-order valence-corrected chi connectivity index (χ2v) is 4.49. The number of amidine groups is 1. The molecule has 1 unspecified atom stereocenters. The van der Waals surface area contributed by atoms with Gasteiger partial charge in [0.1, 0.15) is 5.84 Å². The maximum Gasteiger partial charge on any atom is 0.143 e. The number of hydrogen-bond acceptors (Lipinski definition) is 4. The Morgan fingerprint density at radius 1 is 1.73 bits per heavy atom. The Balaban J connectivity index is 2.12. The van der Waals surface area contributed by atoms with Crippen molar-refractivity contribution in [3.05, 3.63) is 22.4 Å². The third-order valence-corrected chi connectivity index (χ3v) is 3.14. The Morgan fingerprint density at radius 3 is 3.13 bits per heavy atom. The summed E-state index contributed by atoms with van der Waals surface area (Å²) in [6, 6.07) is 4.18. The van der Waals surface area contributed by atoms with Crippen LogP contribution >= 0.6 is 11.3 Å². The number of nitrogens with two attached hydrogens (primary N) is 1. The monoisotopic (exact) mass is 227 g/mol. The standard InChI is InChI=1S/C10H17N3OS/c1-8(10(11)13-14)7-12-5-4-9-3-2-6-15-9/h2-3,6,8,12,14H,4-5,7H2,1H3,(H2,11,13). The van der Waals surface area contributed by atoms with Crippen LogP contribution in [-0.2, 0) is 6.42 Å². The maximum atomic E-state index is 8.45. The summed E-state index contributed by atoms with van der Waals surface area (Å²) in [5, 5.41) is 16.8. The van der Waals surface area contributed by atoms with Gasteiger partial charge in [0.05, 0.1) is 0 Å². The normalized spacial score (nSPS) is 14.1. The van der Waals surface area contributed by atoms with Crippen LogP contribution in [0.2, 0.25) is 0 Å². The van der Waals surface area contributed by atoms with E-state index in [9.17, 15) is 0 Å². The largest absolute Gasteiger partial charge is 0.409 e. The fraction of sp³-hybridized carbons (Fsp3) is 0.500. The smallest absolute Gasteiger partial charge is 0.143 e. The van der Waals surface area contributed by atoms with Gasteiger partial charge in [0.15, 0.2) is 0 Å². The average Bonchev–Trinajstić information content (AvgIpc) is 2.75. The van der Waals surface area contributed by atoms with E-state index in [4.69, 9.17) is 10.9 Å². The Bertz CT molecular complexity index is 298. The van der Waals surface area contributed by atoms with E-state index in [-0.39, 0.29) is 11.8 Å². The molecule has 0 fully saturated rings. The predicted octanol–water partition coefficient (Wildman–Crippen LogP) is 1.26. The SMILES string of the molecule is CC(CNCCc1cccs1)C(N)=NO. The van der Waals surface area contributed by atoms with Gasteiger partial charge in [-0.15, -0.1) is 11.3 Å². The van der Waals surface area contributed by atoms with Crippen LogP contribution < -0.4 is 11.1 Å². The highest BCUT2D eigenvalue weighted by Gasteiger charge is 2.06. The van der Waals surface area contributed by atoms with Crippen molar-refractivity contribution in [3.63, 3.8) is 0 Å². The van der Waals surface area contributed by atoms with Crippen molar-refractivity contribution in [1.29, 1.82) is 0 Å². The fourth-order valence-electron chi connectivity index (χ4n) is 1.19. The van der Waals surface area contributed by atoms with Crippen molar-refractivity contribution in [3.8, 4) is 0 Å². The van der Waals surface area contributed by atoms with Gasteiger partial charge >= 0.3 is 0 Å². The predicted molar refractivity (Wildman–Crippen MR) is 63.5 cm³/mol. The second-order valence-electron chi connectivity index (χ2n) is 3.46. The summed E-state index contributed by atoms with van der Waals surface area (Å²) in [6.07, 6.45) is 1.03. The highest BCUT2D eigenvalue weighted by molar-refractivity contribution is 7.09. The highest BCUT2D eigenvalue weighted by atomic mass is 32.1. The van der Waals surface area contributed by atoms with E-state index in [0.29, 0.717) is 0 Å². The maximum absolute atomic E-state index is 8.45. The topological polar surface area (TPSA) is 70.6 Å². The number of rotatable bonds is 6. The van der Waals surface area contributed by atoms with Crippen molar-refractivity contribution in [2.24, 2.45) is 16.8 Å². The first-order chi connectivity index (χ1) is 7.24. The molecule has 1 rings (SSSR count). The fourth-order valence-corrected chi connectivity index (χ4v) is 1.90. The van der Waals surface area contributed by atoms with Crippen LogP contribution in [0.1, 0.15) is 11.8 Å². The van der Waals surface area contributed by atoms with E-state index < -0.39 is 0 Å². The minimum absolute atomic E-state index is 0.0679. The molecule has 0 spiro atoms. The van der Waals surface area contributed by atoms with Gasteiger partial charge in [-0.25, -0.2) is 0 Å². The zero-order valence-electron chi connectivity index (χ0n) is 8.81. The van der Waals surface area contributed by atoms with E-state index >= 15 is 0 Å². The quantitative estimate of drug-likeness (QED) is 0.225. The summed E-state index contributed by atoms with van der Waals surface area (Å²) in [6.45, 7) is 3.58. The number of hydrogen-bond donors (Lipinski definition) is 3. The average molecular weight is 227 g/mol. The van der Waals surface area contributed by atoms with Crippen molar-refractivity contribution >= 4 is 17.2 Å². The summed E-state index contributed by atoms with van der Waals surface area (Å²) in [5.41, 5.74) is 5.46. The van der Waals surface area contributed by atoms with Crippen LogP contribution in [0, 0.1) is 5.92 Å². The first-order valence-corrected chi connectivity index (χ1v) is 5.82. The highest BCUT2D eigenvalue weighted by Crippen LogP contribution is 2.08. The number of nitrogens with zero attached hydrogens (tertiary/aromatic N) is 1. The summed E-state index contributed by atoms with van der Waals surface area (Å²) in [4.78, 5) is 1.37. The zero-order valence-corrected chi connectivity index (χ0v) is 9.63. The molecule has 1 atom stereocenters. The van der Waals surface area contributed by atoms with Gasteiger partial charge in [0.25, 0.3) is 0 Å². The molecule has 0 aliphatic heterocycles.